The van der Waals surface area contributed by atoms with Crippen LogP contribution in [-0.4, -0.2) is 23.9 Å². The summed E-state index contributed by atoms with van der Waals surface area (Å²) in [5, 5.41) is 0.619. The molecular formula is C16H22Cl2N2O. The van der Waals surface area contributed by atoms with Gasteiger partial charge in [-0.05, 0) is 43.2 Å². The van der Waals surface area contributed by atoms with Crippen molar-refractivity contribution in [2.24, 2.45) is 5.41 Å². The Bertz CT molecular complexity index is 524. The fraction of sp³-hybridized carbons (Fsp3) is 0.562. The molecule has 1 saturated carbocycles. The van der Waals surface area contributed by atoms with Crippen molar-refractivity contribution >= 4 is 34.8 Å². The Labute approximate surface area is 136 Å². The minimum atomic E-state index is -0.0510. The normalized spacial score (nSPS) is 18.5. The fourth-order valence-corrected chi connectivity index (χ4v) is 3.21. The maximum atomic E-state index is 12.6. The SMILES string of the molecule is CN(C(=O)c1cc(N)c(Cl)c(Cl)c1)C1CCC(C)(C)CC1. The molecule has 116 valence electrons. The zero-order chi connectivity index (χ0) is 15.8. The Hall–Kier alpha value is -0.930. The Morgan fingerprint density at radius 1 is 1.29 bits per heavy atom. The summed E-state index contributed by atoms with van der Waals surface area (Å²) in [7, 11) is 1.85. The molecule has 3 nitrogen and oxygen atoms in total. The molecule has 0 aliphatic heterocycles. The van der Waals surface area contributed by atoms with E-state index in [1.807, 2.05) is 11.9 Å². The number of nitrogens with two attached hydrogens (primary N) is 1. The molecule has 2 N–H and O–H groups in total. The van der Waals surface area contributed by atoms with Gasteiger partial charge in [0.2, 0.25) is 0 Å². The summed E-state index contributed by atoms with van der Waals surface area (Å²) in [6, 6.07) is 3.47. The van der Waals surface area contributed by atoms with Crippen molar-refractivity contribution in [3.05, 3.63) is 27.7 Å². The van der Waals surface area contributed by atoms with E-state index in [-0.39, 0.29) is 11.9 Å². The summed E-state index contributed by atoms with van der Waals surface area (Å²) in [6.07, 6.45) is 4.34. The van der Waals surface area contributed by atoms with Crippen LogP contribution >= 0.6 is 23.2 Å². The molecule has 0 atom stereocenters. The first-order valence-electron chi connectivity index (χ1n) is 7.23. The summed E-state index contributed by atoms with van der Waals surface area (Å²) in [5.41, 5.74) is 7.00. The second kappa shape index (κ2) is 6.05. The molecule has 0 aromatic heterocycles. The first kappa shape index (κ1) is 16.4. The van der Waals surface area contributed by atoms with Gasteiger partial charge in [-0.2, -0.15) is 0 Å². The maximum absolute atomic E-state index is 12.6. The van der Waals surface area contributed by atoms with Gasteiger partial charge in [0.1, 0.15) is 0 Å². The van der Waals surface area contributed by atoms with Gasteiger partial charge in [0, 0.05) is 18.7 Å². The molecule has 5 heteroatoms. The number of hydrogen-bond acceptors (Lipinski definition) is 2. The topological polar surface area (TPSA) is 46.3 Å². The molecule has 2 rings (SSSR count). The molecule has 21 heavy (non-hydrogen) atoms. The number of nitrogens with zero attached hydrogens (tertiary/aromatic N) is 1. The number of anilines is 1. The Morgan fingerprint density at radius 2 is 1.86 bits per heavy atom. The third-order valence-corrected chi connectivity index (χ3v) is 5.30. The van der Waals surface area contributed by atoms with Crippen molar-refractivity contribution in [1.29, 1.82) is 0 Å². The van der Waals surface area contributed by atoms with Gasteiger partial charge in [-0.1, -0.05) is 37.0 Å². The third kappa shape index (κ3) is 3.64. The van der Waals surface area contributed by atoms with Crippen molar-refractivity contribution in [2.75, 3.05) is 12.8 Å². The van der Waals surface area contributed by atoms with E-state index < -0.39 is 0 Å². The smallest absolute Gasteiger partial charge is 0.253 e. The van der Waals surface area contributed by atoms with Crippen LogP contribution in [0.1, 0.15) is 49.9 Å². The molecular weight excluding hydrogens is 307 g/mol. The fourth-order valence-electron chi connectivity index (χ4n) is 2.87. The highest BCUT2D eigenvalue weighted by molar-refractivity contribution is 6.43. The van der Waals surface area contributed by atoms with Gasteiger partial charge >= 0.3 is 0 Å². The number of benzene rings is 1. The van der Waals surface area contributed by atoms with Gasteiger partial charge in [0.05, 0.1) is 15.7 Å². The van der Waals surface area contributed by atoms with E-state index in [9.17, 15) is 4.79 Å². The minimum Gasteiger partial charge on any atom is -0.397 e. The van der Waals surface area contributed by atoms with Gasteiger partial charge in [-0.15, -0.1) is 0 Å². The average molecular weight is 329 g/mol. The zero-order valence-electron chi connectivity index (χ0n) is 12.7. The van der Waals surface area contributed by atoms with E-state index in [2.05, 4.69) is 13.8 Å². The van der Waals surface area contributed by atoms with Crippen molar-refractivity contribution in [1.82, 2.24) is 4.90 Å². The van der Waals surface area contributed by atoms with Crippen LogP contribution in [0, 0.1) is 5.41 Å². The van der Waals surface area contributed by atoms with Crippen molar-refractivity contribution in [3.63, 3.8) is 0 Å². The molecule has 0 radical (unpaired) electrons. The predicted octanol–water partition coefficient (Wildman–Crippen LogP) is 4.62. The molecule has 0 heterocycles. The van der Waals surface area contributed by atoms with Crippen LogP contribution in [0.25, 0.3) is 0 Å². The molecule has 0 bridgehead atoms. The first-order chi connectivity index (χ1) is 9.71. The van der Waals surface area contributed by atoms with Gasteiger partial charge < -0.3 is 10.6 Å². The minimum absolute atomic E-state index is 0.0510. The molecule has 1 amide bonds. The number of carbonyl (C=O) groups excluding carboxylic acids is 1. The molecule has 1 aromatic carbocycles. The lowest BCUT2D eigenvalue weighted by Crippen LogP contribution is -2.40. The number of carbonyl (C=O) groups is 1. The third-order valence-electron chi connectivity index (χ3n) is 4.48. The number of amides is 1. The van der Waals surface area contributed by atoms with Crippen LogP contribution in [0.15, 0.2) is 12.1 Å². The van der Waals surface area contributed by atoms with Crippen LogP contribution in [0.4, 0.5) is 5.69 Å². The van der Waals surface area contributed by atoms with Crippen LogP contribution in [-0.2, 0) is 0 Å². The van der Waals surface area contributed by atoms with Crippen LogP contribution in [0.5, 0.6) is 0 Å². The second-order valence-electron chi connectivity index (χ2n) is 6.67. The Morgan fingerprint density at radius 3 is 2.38 bits per heavy atom. The maximum Gasteiger partial charge on any atom is 0.253 e. The van der Waals surface area contributed by atoms with Crippen molar-refractivity contribution in [2.45, 2.75) is 45.6 Å². The summed E-state index contributed by atoms with van der Waals surface area (Å²) in [5.74, 6) is -0.0510. The van der Waals surface area contributed by atoms with Crippen LogP contribution < -0.4 is 5.73 Å². The lowest BCUT2D eigenvalue weighted by molar-refractivity contribution is 0.0635. The Kier molecular flexibility index (Phi) is 4.74. The van der Waals surface area contributed by atoms with Gasteiger partial charge in [-0.3, -0.25) is 4.79 Å². The largest absolute Gasteiger partial charge is 0.397 e. The van der Waals surface area contributed by atoms with Gasteiger partial charge in [-0.25, -0.2) is 0 Å². The van der Waals surface area contributed by atoms with E-state index in [0.717, 1.165) is 25.7 Å². The zero-order valence-corrected chi connectivity index (χ0v) is 14.3. The highest BCUT2D eigenvalue weighted by atomic mass is 35.5. The van der Waals surface area contributed by atoms with Crippen molar-refractivity contribution in [3.8, 4) is 0 Å². The van der Waals surface area contributed by atoms with Crippen LogP contribution in [0.3, 0.4) is 0 Å². The number of nitrogen functional groups attached to an aromatic ring is 1. The first-order valence-corrected chi connectivity index (χ1v) is 7.98. The Balaban J connectivity index is 2.13. The number of hydrogen-bond donors (Lipinski definition) is 1. The molecule has 1 aliphatic rings. The van der Waals surface area contributed by atoms with Gasteiger partial charge in [0.25, 0.3) is 5.91 Å². The lowest BCUT2D eigenvalue weighted by atomic mass is 9.75. The molecule has 1 aliphatic carbocycles. The molecule has 0 spiro atoms. The number of rotatable bonds is 2. The van der Waals surface area contributed by atoms with E-state index in [4.69, 9.17) is 28.9 Å². The highest BCUT2D eigenvalue weighted by Crippen LogP contribution is 2.37. The second-order valence-corrected chi connectivity index (χ2v) is 7.46. The summed E-state index contributed by atoms with van der Waals surface area (Å²) < 4.78 is 0. The monoisotopic (exact) mass is 328 g/mol. The standard InChI is InChI=1S/C16H22Cl2N2O/c1-16(2)6-4-11(5-7-16)20(3)15(21)10-8-12(17)14(18)13(19)9-10/h8-9,11H,4-7,19H2,1-3H3. The van der Waals surface area contributed by atoms with E-state index in [1.54, 1.807) is 12.1 Å². The van der Waals surface area contributed by atoms with Crippen LogP contribution in [0.2, 0.25) is 10.0 Å². The van der Waals surface area contributed by atoms with E-state index in [1.165, 1.54) is 0 Å². The quantitative estimate of drug-likeness (QED) is 0.805. The lowest BCUT2D eigenvalue weighted by Gasteiger charge is -2.38. The molecule has 1 fully saturated rings. The number of halogens is 2. The molecule has 0 saturated heterocycles. The average Bonchev–Trinajstić information content (AvgIpc) is 2.42. The molecule has 1 aromatic rings. The summed E-state index contributed by atoms with van der Waals surface area (Å²) >= 11 is 11.9. The highest BCUT2D eigenvalue weighted by Gasteiger charge is 2.31. The van der Waals surface area contributed by atoms with E-state index >= 15 is 0 Å². The van der Waals surface area contributed by atoms with E-state index in [0.29, 0.717) is 26.7 Å². The predicted molar refractivity (Wildman–Crippen MR) is 89.0 cm³/mol. The summed E-state index contributed by atoms with van der Waals surface area (Å²) in [6.45, 7) is 4.56. The van der Waals surface area contributed by atoms with Crippen molar-refractivity contribution < 1.29 is 4.79 Å². The molecule has 0 unspecified atom stereocenters. The van der Waals surface area contributed by atoms with Gasteiger partial charge in [0.15, 0.2) is 0 Å². The summed E-state index contributed by atoms with van der Waals surface area (Å²) in [4.78, 5) is 14.4.